The van der Waals surface area contributed by atoms with Gasteiger partial charge in [-0.3, -0.25) is 9.59 Å². The first-order chi connectivity index (χ1) is 10.5. The maximum Gasteiger partial charge on any atom is 0.233 e. The normalized spacial score (nSPS) is 15.3. The summed E-state index contributed by atoms with van der Waals surface area (Å²) in [6.07, 6.45) is 3.45. The Kier molecular flexibility index (Phi) is 5.41. The minimum Gasteiger partial charge on any atom is -0.342 e. The molecule has 22 heavy (non-hydrogen) atoms. The van der Waals surface area contributed by atoms with Crippen molar-refractivity contribution in [1.29, 1.82) is 0 Å². The Bertz CT molecular complexity index is 570. The molecule has 0 atom stereocenters. The molecule has 1 saturated heterocycles. The molecule has 1 fully saturated rings. The molecular weight excluding hydrogens is 297 g/mol. The third-order valence-corrected chi connectivity index (χ3v) is 3.58. The summed E-state index contributed by atoms with van der Waals surface area (Å²) in [7, 11) is 0. The van der Waals surface area contributed by atoms with E-state index in [9.17, 15) is 22.8 Å². The maximum absolute atomic E-state index is 13.4. The number of rotatable bonds is 3. The Morgan fingerprint density at radius 2 is 1.64 bits per heavy atom. The maximum atomic E-state index is 13.4. The zero-order valence-electron chi connectivity index (χ0n) is 12.0. The molecule has 0 spiro atoms. The Balaban J connectivity index is 1.95. The molecule has 0 aliphatic carbocycles. The number of nitrogens with one attached hydrogen (secondary N) is 1. The number of likely N-dealkylation sites (tertiary alicyclic amines) is 1. The standard InChI is InChI=1S/C15H17F3N2O2/c16-10-5-6-11(15(18)14(10)17)19-12(21)9-13(22)20-7-3-1-2-4-8-20/h5-6H,1-4,7-9H2,(H,19,21). The quantitative estimate of drug-likeness (QED) is 0.689. The molecule has 7 heteroatoms. The van der Waals surface area contributed by atoms with Crippen LogP contribution in [-0.4, -0.2) is 29.8 Å². The molecule has 0 radical (unpaired) electrons. The SMILES string of the molecule is O=C(CC(=O)N1CCCCCC1)Nc1ccc(F)c(F)c1F. The van der Waals surface area contributed by atoms with Gasteiger partial charge in [-0.05, 0) is 25.0 Å². The highest BCUT2D eigenvalue weighted by atomic mass is 19.2. The van der Waals surface area contributed by atoms with Gasteiger partial charge in [0.05, 0.1) is 5.69 Å². The summed E-state index contributed by atoms with van der Waals surface area (Å²) in [5, 5.41) is 2.10. The van der Waals surface area contributed by atoms with Crippen molar-refractivity contribution in [3.8, 4) is 0 Å². The summed E-state index contributed by atoms with van der Waals surface area (Å²) in [5.74, 6) is -5.56. The number of carbonyl (C=O) groups excluding carboxylic acids is 2. The molecule has 120 valence electrons. The number of anilines is 1. The van der Waals surface area contributed by atoms with Crippen LogP contribution in [0, 0.1) is 17.5 Å². The van der Waals surface area contributed by atoms with Gasteiger partial charge in [0.2, 0.25) is 11.8 Å². The number of halogens is 3. The predicted molar refractivity (Wildman–Crippen MR) is 74.6 cm³/mol. The van der Waals surface area contributed by atoms with E-state index in [-0.39, 0.29) is 5.91 Å². The average molecular weight is 314 g/mol. The van der Waals surface area contributed by atoms with Gasteiger partial charge >= 0.3 is 0 Å². The van der Waals surface area contributed by atoms with Crippen molar-refractivity contribution in [3.05, 3.63) is 29.6 Å². The molecule has 0 bridgehead atoms. The second kappa shape index (κ2) is 7.29. The monoisotopic (exact) mass is 314 g/mol. The first-order valence-electron chi connectivity index (χ1n) is 7.20. The second-order valence-electron chi connectivity index (χ2n) is 5.24. The van der Waals surface area contributed by atoms with Crippen molar-refractivity contribution in [3.63, 3.8) is 0 Å². The molecule has 1 aliphatic rings. The summed E-state index contributed by atoms with van der Waals surface area (Å²) in [5.41, 5.74) is -0.479. The van der Waals surface area contributed by atoms with Crippen molar-refractivity contribution >= 4 is 17.5 Å². The van der Waals surface area contributed by atoms with Crippen LogP contribution in [0.25, 0.3) is 0 Å². The smallest absolute Gasteiger partial charge is 0.233 e. The lowest BCUT2D eigenvalue weighted by molar-refractivity contribution is -0.134. The van der Waals surface area contributed by atoms with Crippen molar-refractivity contribution in [1.82, 2.24) is 4.90 Å². The van der Waals surface area contributed by atoms with Gasteiger partial charge in [0.15, 0.2) is 17.5 Å². The average Bonchev–Trinajstić information content (AvgIpc) is 2.77. The predicted octanol–water partition coefficient (Wildman–Crippen LogP) is 2.84. The van der Waals surface area contributed by atoms with Crippen LogP contribution in [0.4, 0.5) is 18.9 Å². The van der Waals surface area contributed by atoms with Crippen LogP contribution in [0.2, 0.25) is 0 Å². The Hall–Kier alpha value is -2.05. The molecule has 1 heterocycles. The largest absolute Gasteiger partial charge is 0.342 e. The van der Waals surface area contributed by atoms with Crippen molar-refractivity contribution in [2.45, 2.75) is 32.1 Å². The third kappa shape index (κ3) is 3.99. The van der Waals surface area contributed by atoms with Gasteiger partial charge in [-0.15, -0.1) is 0 Å². The molecule has 4 nitrogen and oxygen atoms in total. The van der Waals surface area contributed by atoms with Gasteiger partial charge in [0, 0.05) is 13.1 Å². The van der Waals surface area contributed by atoms with E-state index in [0.29, 0.717) is 19.2 Å². The van der Waals surface area contributed by atoms with E-state index in [4.69, 9.17) is 0 Å². The lowest BCUT2D eigenvalue weighted by Gasteiger charge is -2.20. The van der Waals surface area contributed by atoms with Crippen LogP contribution in [0.1, 0.15) is 32.1 Å². The van der Waals surface area contributed by atoms with Crippen molar-refractivity contribution in [2.75, 3.05) is 18.4 Å². The van der Waals surface area contributed by atoms with Gasteiger partial charge < -0.3 is 10.2 Å². The lowest BCUT2D eigenvalue weighted by atomic mass is 10.2. The van der Waals surface area contributed by atoms with Crippen molar-refractivity contribution < 1.29 is 22.8 Å². The summed E-state index contributed by atoms with van der Waals surface area (Å²) in [6, 6.07) is 1.63. The van der Waals surface area contributed by atoms with Crippen molar-refractivity contribution in [2.24, 2.45) is 0 Å². The van der Waals surface area contributed by atoms with Gasteiger partial charge in [-0.1, -0.05) is 12.8 Å². The summed E-state index contributed by atoms with van der Waals surface area (Å²) >= 11 is 0. The van der Waals surface area contributed by atoms with Crippen LogP contribution in [-0.2, 0) is 9.59 Å². The highest BCUT2D eigenvalue weighted by Crippen LogP contribution is 2.20. The number of benzene rings is 1. The molecule has 0 saturated carbocycles. The molecule has 2 amide bonds. The molecule has 0 aromatic heterocycles. The van der Waals surface area contributed by atoms with E-state index in [1.807, 2.05) is 0 Å². The number of carbonyl (C=O) groups is 2. The Labute approximate surface area is 126 Å². The highest BCUT2D eigenvalue weighted by Gasteiger charge is 2.20. The Morgan fingerprint density at radius 1 is 1.00 bits per heavy atom. The molecule has 0 unspecified atom stereocenters. The van der Waals surface area contributed by atoms with E-state index < -0.39 is 35.5 Å². The fourth-order valence-electron chi connectivity index (χ4n) is 2.39. The van der Waals surface area contributed by atoms with Gasteiger partial charge in [0.1, 0.15) is 6.42 Å². The van der Waals surface area contributed by atoms with Crippen LogP contribution in [0.3, 0.4) is 0 Å². The number of hydrogen-bond donors (Lipinski definition) is 1. The van der Waals surface area contributed by atoms with Gasteiger partial charge in [-0.2, -0.15) is 0 Å². The van der Waals surface area contributed by atoms with E-state index in [1.54, 1.807) is 4.90 Å². The molecule has 1 N–H and O–H groups in total. The highest BCUT2D eigenvalue weighted by molar-refractivity contribution is 6.03. The zero-order chi connectivity index (χ0) is 16.1. The summed E-state index contributed by atoms with van der Waals surface area (Å²) < 4.78 is 39.3. The molecule has 1 aromatic rings. The first kappa shape index (κ1) is 16.3. The zero-order valence-corrected chi connectivity index (χ0v) is 12.0. The fraction of sp³-hybridized carbons (Fsp3) is 0.467. The first-order valence-corrected chi connectivity index (χ1v) is 7.20. The van der Waals surface area contributed by atoms with Gasteiger partial charge in [0.25, 0.3) is 0 Å². The molecule has 1 aromatic carbocycles. The topological polar surface area (TPSA) is 49.4 Å². The second-order valence-corrected chi connectivity index (χ2v) is 5.24. The van der Waals surface area contributed by atoms with Crippen LogP contribution < -0.4 is 5.32 Å². The molecular formula is C15H17F3N2O2. The molecule has 2 rings (SSSR count). The van der Waals surface area contributed by atoms with E-state index in [0.717, 1.165) is 31.7 Å². The number of hydrogen-bond acceptors (Lipinski definition) is 2. The van der Waals surface area contributed by atoms with Crippen LogP contribution in [0.15, 0.2) is 12.1 Å². The number of nitrogens with zero attached hydrogens (tertiary/aromatic N) is 1. The van der Waals surface area contributed by atoms with E-state index >= 15 is 0 Å². The summed E-state index contributed by atoms with van der Waals surface area (Å²) in [6.45, 7) is 1.21. The number of amides is 2. The third-order valence-electron chi connectivity index (χ3n) is 3.58. The fourth-order valence-corrected chi connectivity index (χ4v) is 2.39. The molecule has 1 aliphatic heterocycles. The minimum absolute atomic E-state index is 0.345. The van der Waals surface area contributed by atoms with Crippen LogP contribution >= 0.6 is 0 Å². The van der Waals surface area contributed by atoms with Gasteiger partial charge in [-0.25, -0.2) is 13.2 Å². The van der Waals surface area contributed by atoms with E-state index in [2.05, 4.69) is 5.32 Å². The van der Waals surface area contributed by atoms with E-state index in [1.165, 1.54) is 0 Å². The van der Waals surface area contributed by atoms with Crippen LogP contribution in [0.5, 0.6) is 0 Å². The lowest BCUT2D eigenvalue weighted by Crippen LogP contribution is -2.34. The summed E-state index contributed by atoms with van der Waals surface area (Å²) in [4.78, 5) is 25.4. The minimum atomic E-state index is -1.66. The Morgan fingerprint density at radius 3 is 2.27 bits per heavy atom.